The maximum absolute atomic E-state index is 12.4. The first-order chi connectivity index (χ1) is 13.7. The number of amides is 1. The lowest BCUT2D eigenvalue weighted by Gasteiger charge is -2.36. The second-order valence-corrected chi connectivity index (χ2v) is 7.90. The Morgan fingerprint density at radius 2 is 1.71 bits per heavy atom. The summed E-state index contributed by atoms with van der Waals surface area (Å²) in [5.74, 6) is 0.744. The molecule has 1 aliphatic heterocycles. The SMILES string of the molecule is Cc1cccc(N2CCN(c3ccc(C(=O)NC4CCCCC4)nn3)CC2)c1. The molecule has 0 radical (unpaired) electrons. The number of aryl methyl sites for hydroxylation is 1. The zero-order chi connectivity index (χ0) is 19.3. The van der Waals surface area contributed by atoms with Crippen molar-refractivity contribution in [1.82, 2.24) is 15.5 Å². The molecule has 2 aliphatic rings. The Labute approximate surface area is 166 Å². The molecule has 148 valence electrons. The number of aromatic nitrogens is 2. The van der Waals surface area contributed by atoms with Gasteiger partial charge in [-0.1, -0.05) is 31.4 Å². The smallest absolute Gasteiger partial charge is 0.272 e. The molecule has 1 aromatic heterocycles. The number of hydrogen-bond acceptors (Lipinski definition) is 5. The summed E-state index contributed by atoms with van der Waals surface area (Å²) in [4.78, 5) is 17.0. The van der Waals surface area contributed by atoms with Gasteiger partial charge in [-0.05, 0) is 49.6 Å². The number of nitrogens with zero attached hydrogens (tertiary/aromatic N) is 4. The monoisotopic (exact) mass is 379 g/mol. The van der Waals surface area contributed by atoms with E-state index in [1.165, 1.54) is 30.5 Å². The summed E-state index contributed by atoms with van der Waals surface area (Å²) in [6.07, 6.45) is 5.82. The van der Waals surface area contributed by atoms with Gasteiger partial charge in [-0.2, -0.15) is 0 Å². The molecule has 1 saturated heterocycles. The average Bonchev–Trinajstić information content (AvgIpc) is 2.75. The number of rotatable bonds is 4. The minimum atomic E-state index is -0.102. The predicted octanol–water partition coefficient (Wildman–Crippen LogP) is 3.17. The lowest BCUT2D eigenvalue weighted by atomic mass is 9.95. The summed E-state index contributed by atoms with van der Waals surface area (Å²) in [5, 5.41) is 11.6. The first-order valence-corrected chi connectivity index (χ1v) is 10.4. The molecular formula is C22H29N5O. The normalized spacial score (nSPS) is 18.2. The Morgan fingerprint density at radius 3 is 2.39 bits per heavy atom. The topological polar surface area (TPSA) is 61.4 Å². The van der Waals surface area contributed by atoms with Gasteiger partial charge in [-0.25, -0.2) is 0 Å². The molecule has 28 heavy (non-hydrogen) atoms. The Hall–Kier alpha value is -2.63. The quantitative estimate of drug-likeness (QED) is 0.884. The van der Waals surface area contributed by atoms with E-state index in [1.54, 1.807) is 6.07 Å². The molecule has 1 saturated carbocycles. The van der Waals surface area contributed by atoms with E-state index >= 15 is 0 Å². The van der Waals surface area contributed by atoms with Crippen LogP contribution in [0.4, 0.5) is 11.5 Å². The highest BCUT2D eigenvalue weighted by Crippen LogP contribution is 2.20. The van der Waals surface area contributed by atoms with Gasteiger partial charge in [0.2, 0.25) is 0 Å². The third-order valence-electron chi connectivity index (χ3n) is 5.79. The van der Waals surface area contributed by atoms with Gasteiger partial charge < -0.3 is 15.1 Å². The van der Waals surface area contributed by atoms with Crippen LogP contribution in [0.2, 0.25) is 0 Å². The van der Waals surface area contributed by atoms with Gasteiger partial charge in [0, 0.05) is 37.9 Å². The molecule has 6 heteroatoms. The van der Waals surface area contributed by atoms with Gasteiger partial charge in [0.1, 0.15) is 0 Å². The Kier molecular flexibility index (Phi) is 5.74. The Bertz CT molecular complexity index is 793. The Morgan fingerprint density at radius 1 is 0.964 bits per heavy atom. The number of carbonyl (C=O) groups is 1. The largest absolute Gasteiger partial charge is 0.368 e. The van der Waals surface area contributed by atoms with Crippen LogP contribution in [0.25, 0.3) is 0 Å². The van der Waals surface area contributed by atoms with Gasteiger partial charge in [0.25, 0.3) is 5.91 Å². The van der Waals surface area contributed by atoms with Crippen molar-refractivity contribution in [3.63, 3.8) is 0 Å². The minimum absolute atomic E-state index is 0.102. The van der Waals surface area contributed by atoms with Gasteiger partial charge >= 0.3 is 0 Å². The zero-order valence-electron chi connectivity index (χ0n) is 16.6. The average molecular weight is 380 g/mol. The van der Waals surface area contributed by atoms with Crippen LogP contribution in [0.3, 0.4) is 0 Å². The predicted molar refractivity (Wildman–Crippen MR) is 112 cm³/mol. The molecule has 1 aliphatic carbocycles. The lowest BCUT2D eigenvalue weighted by molar-refractivity contribution is 0.0921. The molecule has 1 aromatic carbocycles. The molecule has 1 amide bonds. The van der Waals surface area contributed by atoms with Crippen LogP contribution in [0.15, 0.2) is 36.4 Å². The van der Waals surface area contributed by atoms with Crippen molar-refractivity contribution < 1.29 is 4.79 Å². The third-order valence-corrected chi connectivity index (χ3v) is 5.79. The van der Waals surface area contributed by atoms with Gasteiger partial charge in [-0.15, -0.1) is 10.2 Å². The molecule has 2 heterocycles. The minimum Gasteiger partial charge on any atom is -0.368 e. The standard InChI is InChI=1S/C22H29N5O/c1-17-6-5-9-19(16-17)26-12-14-27(15-13-26)21-11-10-20(24-25-21)22(28)23-18-7-3-2-4-8-18/h5-6,9-11,16,18H,2-4,7-8,12-15H2,1H3,(H,23,28). The fraction of sp³-hybridized carbons (Fsp3) is 0.500. The van der Waals surface area contributed by atoms with Crippen LogP contribution in [-0.4, -0.2) is 48.3 Å². The van der Waals surface area contributed by atoms with Crippen molar-refractivity contribution in [2.75, 3.05) is 36.0 Å². The second-order valence-electron chi connectivity index (χ2n) is 7.90. The van der Waals surface area contributed by atoms with Crippen LogP contribution in [-0.2, 0) is 0 Å². The lowest BCUT2D eigenvalue weighted by Crippen LogP contribution is -2.47. The first-order valence-electron chi connectivity index (χ1n) is 10.4. The number of hydrogen-bond donors (Lipinski definition) is 1. The zero-order valence-corrected chi connectivity index (χ0v) is 16.6. The number of piperazine rings is 1. The molecule has 4 rings (SSSR count). The van der Waals surface area contributed by atoms with Crippen LogP contribution in [0.5, 0.6) is 0 Å². The van der Waals surface area contributed by atoms with E-state index < -0.39 is 0 Å². The molecule has 1 N–H and O–H groups in total. The summed E-state index contributed by atoms with van der Waals surface area (Å²) >= 11 is 0. The van der Waals surface area contributed by atoms with Gasteiger partial charge in [-0.3, -0.25) is 4.79 Å². The Balaban J connectivity index is 1.32. The molecule has 0 atom stereocenters. The summed E-state index contributed by atoms with van der Waals surface area (Å²) in [6, 6.07) is 12.6. The van der Waals surface area contributed by atoms with Crippen molar-refractivity contribution in [2.45, 2.75) is 45.1 Å². The highest BCUT2D eigenvalue weighted by Gasteiger charge is 2.21. The molecule has 2 fully saturated rings. The van der Waals surface area contributed by atoms with Gasteiger partial charge in [0.15, 0.2) is 11.5 Å². The fourth-order valence-corrected chi connectivity index (χ4v) is 4.14. The second kappa shape index (κ2) is 8.59. The van der Waals surface area contributed by atoms with Crippen molar-refractivity contribution >= 4 is 17.4 Å². The van der Waals surface area contributed by atoms with E-state index in [0.717, 1.165) is 44.8 Å². The number of nitrogens with one attached hydrogen (secondary N) is 1. The van der Waals surface area contributed by atoms with E-state index in [1.807, 2.05) is 6.07 Å². The van der Waals surface area contributed by atoms with Crippen molar-refractivity contribution in [3.8, 4) is 0 Å². The highest BCUT2D eigenvalue weighted by molar-refractivity contribution is 5.92. The third kappa shape index (κ3) is 4.43. The highest BCUT2D eigenvalue weighted by atomic mass is 16.2. The summed E-state index contributed by atoms with van der Waals surface area (Å²) in [7, 11) is 0. The molecule has 2 aromatic rings. The van der Waals surface area contributed by atoms with Crippen LogP contribution in [0.1, 0.15) is 48.2 Å². The van der Waals surface area contributed by atoms with Crippen molar-refractivity contribution in [2.24, 2.45) is 0 Å². The molecular weight excluding hydrogens is 350 g/mol. The molecule has 6 nitrogen and oxygen atoms in total. The maximum Gasteiger partial charge on any atom is 0.272 e. The fourth-order valence-electron chi connectivity index (χ4n) is 4.14. The number of carbonyl (C=O) groups excluding carboxylic acids is 1. The van der Waals surface area contributed by atoms with E-state index in [0.29, 0.717) is 5.69 Å². The van der Waals surface area contributed by atoms with Crippen LogP contribution >= 0.6 is 0 Å². The number of anilines is 2. The molecule has 0 spiro atoms. The van der Waals surface area contributed by atoms with Crippen LogP contribution < -0.4 is 15.1 Å². The van der Waals surface area contributed by atoms with Gasteiger partial charge in [0.05, 0.1) is 0 Å². The maximum atomic E-state index is 12.4. The van der Waals surface area contributed by atoms with Crippen molar-refractivity contribution in [3.05, 3.63) is 47.7 Å². The van der Waals surface area contributed by atoms with Crippen molar-refractivity contribution in [1.29, 1.82) is 0 Å². The number of benzene rings is 1. The van der Waals surface area contributed by atoms with E-state index in [-0.39, 0.29) is 11.9 Å². The summed E-state index contributed by atoms with van der Waals surface area (Å²) < 4.78 is 0. The summed E-state index contributed by atoms with van der Waals surface area (Å²) in [5.41, 5.74) is 2.97. The molecule has 0 unspecified atom stereocenters. The van der Waals surface area contributed by atoms with E-state index in [2.05, 4.69) is 56.5 Å². The first kappa shape index (κ1) is 18.7. The van der Waals surface area contributed by atoms with Crippen LogP contribution in [0, 0.1) is 6.92 Å². The molecule has 0 bridgehead atoms. The summed E-state index contributed by atoms with van der Waals surface area (Å²) in [6.45, 7) is 5.83. The van der Waals surface area contributed by atoms with E-state index in [9.17, 15) is 4.79 Å². The van der Waals surface area contributed by atoms with E-state index in [4.69, 9.17) is 0 Å².